The lowest BCUT2D eigenvalue weighted by Gasteiger charge is -2.17. The van der Waals surface area contributed by atoms with E-state index >= 15 is 0 Å². The number of aliphatic carboxylic acids is 1. The van der Waals surface area contributed by atoms with Crippen LogP contribution in [0.1, 0.15) is 53.6 Å². The molecule has 0 heterocycles. The number of carboxylic acid groups (broad SMARTS) is 1. The molecule has 1 aliphatic rings. The van der Waals surface area contributed by atoms with Crippen molar-refractivity contribution in [2.24, 2.45) is 5.92 Å². The van der Waals surface area contributed by atoms with Crippen molar-refractivity contribution in [1.82, 2.24) is 5.32 Å². The summed E-state index contributed by atoms with van der Waals surface area (Å²) in [6, 6.07) is 5.38. The Hall–Kier alpha value is -2.17. The highest BCUT2D eigenvalue weighted by Crippen LogP contribution is 2.26. The van der Waals surface area contributed by atoms with E-state index in [0.717, 1.165) is 17.5 Å². The number of ketones is 1. The van der Waals surface area contributed by atoms with Crippen molar-refractivity contribution in [3.8, 4) is 0 Å². The number of hydrogen-bond acceptors (Lipinski definition) is 3. The molecule has 1 aromatic rings. The van der Waals surface area contributed by atoms with Crippen LogP contribution >= 0.6 is 0 Å². The van der Waals surface area contributed by atoms with E-state index in [0.29, 0.717) is 18.4 Å². The summed E-state index contributed by atoms with van der Waals surface area (Å²) < 4.78 is 0. The molecule has 0 saturated heterocycles. The molecule has 2 N–H and O–H groups in total. The van der Waals surface area contributed by atoms with Gasteiger partial charge in [0, 0.05) is 24.4 Å². The Morgan fingerprint density at radius 2 is 1.91 bits per heavy atom. The summed E-state index contributed by atoms with van der Waals surface area (Å²) in [4.78, 5) is 35.4. The zero-order valence-corrected chi connectivity index (χ0v) is 13.6. The number of carbonyl (C=O) groups excluding carboxylic acids is 2. The second-order valence-electron chi connectivity index (χ2n) is 6.29. The van der Waals surface area contributed by atoms with E-state index in [1.165, 1.54) is 0 Å². The van der Waals surface area contributed by atoms with Crippen LogP contribution in [0.15, 0.2) is 18.2 Å². The fourth-order valence-corrected chi connectivity index (χ4v) is 3.11. The van der Waals surface area contributed by atoms with Crippen molar-refractivity contribution in [3.63, 3.8) is 0 Å². The predicted octanol–water partition coefficient (Wildman–Crippen LogP) is 2.64. The van der Waals surface area contributed by atoms with Gasteiger partial charge in [-0.05, 0) is 38.3 Å². The molecule has 2 atom stereocenters. The molecule has 1 aromatic carbocycles. The number of rotatable bonds is 6. The molecule has 124 valence electrons. The van der Waals surface area contributed by atoms with Crippen LogP contribution in [-0.4, -0.2) is 28.8 Å². The average molecular weight is 317 g/mol. The monoisotopic (exact) mass is 317 g/mol. The van der Waals surface area contributed by atoms with E-state index in [2.05, 4.69) is 5.32 Å². The number of hydrogen-bond donors (Lipinski definition) is 2. The third kappa shape index (κ3) is 4.41. The van der Waals surface area contributed by atoms with Crippen LogP contribution in [0.3, 0.4) is 0 Å². The van der Waals surface area contributed by atoms with E-state index in [-0.39, 0.29) is 30.6 Å². The lowest BCUT2D eigenvalue weighted by molar-refractivity contribution is -0.142. The van der Waals surface area contributed by atoms with E-state index in [9.17, 15) is 14.4 Å². The van der Waals surface area contributed by atoms with Crippen molar-refractivity contribution in [1.29, 1.82) is 0 Å². The van der Waals surface area contributed by atoms with Crippen LogP contribution in [0.5, 0.6) is 0 Å². The molecule has 0 aromatic heterocycles. The number of nitrogens with one attached hydrogen (secondary N) is 1. The van der Waals surface area contributed by atoms with Gasteiger partial charge in [0.2, 0.25) is 5.91 Å². The molecule has 1 aliphatic carbocycles. The van der Waals surface area contributed by atoms with Crippen molar-refractivity contribution < 1.29 is 19.5 Å². The van der Waals surface area contributed by atoms with Gasteiger partial charge in [-0.15, -0.1) is 0 Å². The van der Waals surface area contributed by atoms with Crippen molar-refractivity contribution in [2.75, 3.05) is 0 Å². The van der Waals surface area contributed by atoms with E-state index in [4.69, 9.17) is 5.11 Å². The summed E-state index contributed by atoms with van der Waals surface area (Å²) in [6.07, 6.45) is 2.33. The Labute approximate surface area is 136 Å². The van der Waals surface area contributed by atoms with Gasteiger partial charge in [0.05, 0.1) is 5.92 Å². The number of amides is 1. The number of carbonyl (C=O) groups is 3. The van der Waals surface area contributed by atoms with Crippen LogP contribution in [0.2, 0.25) is 0 Å². The smallest absolute Gasteiger partial charge is 0.308 e. The van der Waals surface area contributed by atoms with Gasteiger partial charge in [0.1, 0.15) is 0 Å². The molecular weight excluding hydrogens is 294 g/mol. The van der Waals surface area contributed by atoms with Crippen molar-refractivity contribution in [3.05, 3.63) is 34.9 Å². The van der Waals surface area contributed by atoms with Gasteiger partial charge in [-0.3, -0.25) is 14.4 Å². The minimum Gasteiger partial charge on any atom is -0.481 e. The molecule has 2 rings (SSSR count). The third-order valence-corrected chi connectivity index (χ3v) is 4.45. The first-order valence-electron chi connectivity index (χ1n) is 8.01. The molecule has 5 heteroatoms. The summed E-state index contributed by atoms with van der Waals surface area (Å²) >= 11 is 0. The van der Waals surface area contributed by atoms with Gasteiger partial charge in [-0.2, -0.15) is 0 Å². The van der Waals surface area contributed by atoms with E-state index in [1.54, 1.807) is 0 Å². The highest BCUT2D eigenvalue weighted by atomic mass is 16.4. The van der Waals surface area contributed by atoms with E-state index < -0.39 is 11.9 Å². The highest BCUT2D eigenvalue weighted by molar-refractivity contribution is 5.99. The van der Waals surface area contributed by atoms with Crippen LogP contribution in [0.25, 0.3) is 0 Å². The van der Waals surface area contributed by atoms with Crippen LogP contribution < -0.4 is 5.32 Å². The Morgan fingerprint density at radius 1 is 1.17 bits per heavy atom. The standard InChI is InChI=1S/C18H23NO4/c1-11-6-7-12(2)14(10-11)16(20)8-9-17(21)19-15-5-3-4-13(15)18(22)23/h6-7,10,13,15H,3-5,8-9H2,1-2H3,(H,19,21)(H,22,23)/t13-,15+/m0/s1. The topological polar surface area (TPSA) is 83.5 Å². The Morgan fingerprint density at radius 3 is 2.61 bits per heavy atom. The maximum Gasteiger partial charge on any atom is 0.308 e. The maximum absolute atomic E-state index is 12.3. The number of benzene rings is 1. The maximum atomic E-state index is 12.3. The lowest BCUT2D eigenvalue weighted by Crippen LogP contribution is -2.40. The molecule has 0 unspecified atom stereocenters. The normalized spacial score (nSPS) is 20.3. The van der Waals surface area contributed by atoms with Crippen molar-refractivity contribution in [2.45, 2.75) is 52.0 Å². The fraction of sp³-hybridized carbons (Fsp3) is 0.500. The number of carboxylic acids is 1. The van der Waals surface area contributed by atoms with Crippen LogP contribution in [0.4, 0.5) is 0 Å². The number of Topliss-reactive ketones (excluding diaryl/α,β-unsaturated/α-hetero) is 1. The van der Waals surface area contributed by atoms with Gasteiger partial charge < -0.3 is 10.4 Å². The molecule has 5 nitrogen and oxygen atoms in total. The van der Waals surface area contributed by atoms with Gasteiger partial charge in [0.25, 0.3) is 0 Å². The first-order chi connectivity index (χ1) is 10.9. The number of aryl methyl sites for hydroxylation is 2. The molecule has 0 bridgehead atoms. The van der Waals surface area contributed by atoms with Gasteiger partial charge >= 0.3 is 5.97 Å². The summed E-state index contributed by atoms with van der Waals surface area (Å²) in [5.41, 5.74) is 2.57. The molecule has 23 heavy (non-hydrogen) atoms. The molecule has 0 spiro atoms. The zero-order valence-electron chi connectivity index (χ0n) is 13.6. The summed E-state index contributed by atoms with van der Waals surface area (Å²) in [6.45, 7) is 3.80. The molecule has 0 radical (unpaired) electrons. The molecule has 1 fully saturated rings. The van der Waals surface area contributed by atoms with Crippen LogP contribution in [0, 0.1) is 19.8 Å². The zero-order chi connectivity index (χ0) is 17.0. The first-order valence-corrected chi connectivity index (χ1v) is 8.01. The lowest BCUT2D eigenvalue weighted by atomic mass is 9.99. The SMILES string of the molecule is Cc1ccc(C)c(C(=O)CCC(=O)N[C@@H]2CCC[C@@H]2C(=O)O)c1. The molecule has 1 saturated carbocycles. The molecular formula is C18H23NO4. The van der Waals surface area contributed by atoms with Gasteiger partial charge in [0.15, 0.2) is 5.78 Å². The minimum atomic E-state index is -0.862. The predicted molar refractivity (Wildman–Crippen MR) is 86.4 cm³/mol. The average Bonchev–Trinajstić information content (AvgIpc) is 2.95. The largest absolute Gasteiger partial charge is 0.481 e. The summed E-state index contributed by atoms with van der Waals surface area (Å²) in [7, 11) is 0. The molecule has 1 amide bonds. The quantitative estimate of drug-likeness (QED) is 0.790. The highest BCUT2D eigenvalue weighted by Gasteiger charge is 2.33. The van der Waals surface area contributed by atoms with E-state index in [1.807, 2.05) is 32.0 Å². The Kier molecular flexibility index (Phi) is 5.53. The summed E-state index contributed by atoms with van der Waals surface area (Å²) in [5, 5.41) is 11.9. The Balaban J connectivity index is 1.88. The Bertz CT molecular complexity index is 623. The fourth-order valence-electron chi connectivity index (χ4n) is 3.11. The van der Waals surface area contributed by atoms with Crippen LogP contribution in [-0.2, 0) is 9.59 Å². The van der Waals surface area contributed by atoms with Gasteiger partial charge in [-0.25, -0.2) is 0 Å². The molecule has 0 aliphatic heterocycles. The minimum absolute atomic E-state index is 0.0532. The second kappa shape index (κ2) is 7.40. The van der Waals surface area contributed by atoms with Gasteiger partial charge in [-0.1, -0.05) is 24.1 Å². The second-order valence-corrected chi connectivity index (χ2v) is 6.29. The first kappa shape index (κ1) is 17.2. The van der Waals surface area contributed by atoms with Crippen molar-refractivity contribution >= 4 is 17.7 Å². The summed E-state index contributed by atoms with van der Waals surface area (Å²) in [5.74, 6) is -1.67. The third-order valence-electron chi connectivity index (χ3n) is 4.45.